The monoisotopic (exact) mass is 452 g/mol. The molecule has 0 spiro atoms. The van der Waals surface area contributed by atoms with Crippen molar-refractivity contribution in [1.29, 1.82) is 0 Å². The molecule has 0 saturated heterocycles. The second kappa shape index (κ2) is 11.4. The zero-order chi connectivity index (χ0) is 22.9. The van der Waals surface area contributed by atoms with E-state index in [2.05, 4.69) is 9.47 Å². The topological polar surface area (TPSA) is 114 Å². The summed E-state index contributed by atoms with van der Waals surface area (Å²) in [4.78, 5) is 23.6. The van der Waals surface area contributed by atoms with E-state index in [0.717, 1.165) is 5.56 Å². The molecule has 2 aromatic rings. The van der Waals surface area contributed by atoms with Gasteiger partial charge in [-0.25, -0.2) is 9.59 Å². The Bertz CT molecular complexity index is 964. The van der Waals surface area contributed by atoms with Crippen molar-refractivity contribution in [1.82, 2.24) is 0 Å². The molecule has 0 unspecified atom stereocenters. The Hall–Kier alpha value is -2.95. The Morgan fingerprint density at radius 3 is 1.90 bits per heavy atom. The van der Waals surface area contributed by atoms with Gasteiger partial charge in [0.25, 0.3) is 10.1 Å². The van der Waals surface area contributed by atoms with Crippen molar-refractivity contribution in [2.45, 2.75) is 11.8 Å². The molecule has 31 heavy (non-hydrogen) atoms. The minimum absolute atomic E-state index is 0.0318. The molecule has 0 radical (unpaired) electrons. The summed E-state index contributed by atoms with van der Waals surface area (Å²) in [5, 5.41) is 0. The summed E-state index contributed by atoms with van der Waals surface area (Å²) in [5.41, 5.74) is 1.21. The average molecular weight is 452 g/mol. The van der Waals surface area contributed by atoms with E-state index in [-0.39, 0.29) is 48.2 Å². The van der Waals surface area contributed by atoms with Crippen LogP contribution in [0.4, 0.5) is 0 Å². The Morgan fingerprint density at radius 2 is 1.35 bits per heavy atom. The number of carbonyl (C=O) groups is 2. The second-order valence-electron chi connectivity index (χ2n) is 6.28. The fourth-order valence-electron chi connectivity index (χ4n) is 2.45. The van der Waals surface area contributed by atoms with Crippen molar-refractivity contribution < 1.29 is 41.1 Å². The maximum Gasteiger partial charge on any atom is 0.338 e. The number of carbonyl (C=O) groups excluding carboxylic acids is 2. The maximum atomic E-state index is 12.1. The predicted molar refractivity (Wildman–Crippen MR) is 110 cm³/mol. The zero-order valence-electron chi connectivity index (χ0n) is 17.5. The minimum Gasteiger partial charge on any atom is -0.491 e. The third-order valence-corrected chi connectivity index (χ3v) is 5.35. The Labute approximate surface area is 180 Å². The lowest BCUT2D eigenvalue weighted by atomic mass is 10.1. The molecule has 0 atom stereocenters. The zero-order valence-corrected chi connectivity index (χ0v) is 18.3. The number of ether oxygens (including phenoxy) is 4. The number of rotatable bonds is 11. The molecular formula is C21H24O9S. The van der Waals surface area contributed by atoms with E-state index in [1.54, 1.807) is 12.1 Å². The summed E-state index contributed by atoms with van der Waals surface area (Å²) >= 11 is 0. The maximum absolute atomic E-state index is 12.1. The number of hydrogen-bond acceptors (Lipinski definition) is 9. The second-order valence-corrected chi connectivity index (χ2v) is 7.89. The first-order valence-corrected chi connectivity index (χ1v) is 10.7. The van der Waals surface area contributed by atoms with Crippen LogP contribution in [0.15, 0.2) is 47.4 Å². The van der Waals surface area contributed by atoms with Crippen LogP contribution >= 0.6 is 0 Å². The summed E-state index contributed by atoms with van der Waals surface area (Å²) < 4.78 is 49.2. The summed E-state index contributed by atoms with van der Waals surface area (Å²) in [5.74, 6) is -0.998. The molecule has 0 saturated carbocycles. The first-order valence-electron chi connectivity index (χ1n) is 9.25. The van der Waals surface area contributed by atoms with Crippen LogP contribution in [0, 0.1) is 6.92 Å². The normalized spacial score (nSPS) is 11.1. The average Bonchev–Trinajstić information content (AvgIpc) is 2.77. The number of benzene rings is 2. The third kappa shape index (κ3) is 7.35. The standard InChI is InChI=1S/C21H24O9S/c1-15-4-6-19(7-5-15)31(24,25)30-11-9-28-8-10-29-18-13-16(20(22)26-2)12-17(14-18)21(23)27-3/h4-7,12-14H,8-11H2,1-3H3. The summed E-state index contributed by atoms with van der Waals surface area (Å²) in [6.45, 7) is 1.96. The lowest BCUT2D eigenvalue weighted by Gasteiger charge is -2.10. The highest BCUT2D eigenvalue weighted by Crippen LogP contribution is 2.19. The quantitative estimate of drug-likeness (QED) is 0.288. The molecule has 10 heteroatoms. The Balaban J connectivity index is 1.80. The van der Waals surface area contributed by atoms with Crippen LogP contribution in [0.2, 0.25) is 0 Å². The molecule has 9 nitrogen and oxygen atoms in total. The van der Waals surface area contributed by atoms with E-state index in [9.17, 15) is 18.0 Å². The molecule has 0 N–H and O–H groups in total. The van der Waals surface area contributed by atoms with Crippen LogP contribution in [-0.4, -0.2) is 61.0 Å². The van der Waals surface area contributed by atoms with Gasteiger partial charge in [-0.05, 0) is 37.3 Å². The van der Waals surface area contributed by atoms with Crippen LogP contribution in [0.5, 0.6) is 5.75 Å². The van der Waals surface area contributed by atoms with Gasteiger partial charge < -0.3 is 18.9 Å². The van der Waals surface area contributed by atoms with Gasteiger partial charge in [0, 0.05) is 0 Å². The van der Waals surface area contributed by atoms with Crippen LogP contribution in [0.1, 0.15) is 26.3 Å². The van der Waals surface area contributed by atoms with Gasteiger partial charge in [0.1, 0.15) is 12.4 Å². The van der Waals surface area contributed by atoms with Gasteiger partial charge in [0.05, 0.1) is 50.1 Å². The van der Waals surface area contributed by atoms with Crippen LogP contribution in [0.25, 0.3) is 0 Å². The molecular weight excluding hydrogens is 428 g/mol. The molecule has 2 rings (SSSR count). The van der Waals surface area contributed by atoms with Crippen molar-refractivity contribution in [2.24, 2.45) is 0 Å². The number of aryl methyl sites for hydroxylation is 1. The molecule has 0 heterocycles. The highest BCUT2D eigenvalue weighted by atomic mass is 32.2. The van der Waals surface area contributed by atoms with E-state index in [1.165, 1.54) is 44.6 Å². The van der Waals surface area contributed by atoms with E-state index < -0.39 is 22.1 Å². The van der Waals surface area contributed by atoms with E-state index in [0.29, 0.717) is 0 Å². The molecule has 0 aliphatic carbocycles. The smallest absolute Gasteiger partial charge is 0.338 e. The fraction of sp³-hybridized carbons (Fsp3) is 0.333. The van der Waals surface area contributed by atoms with Crippen LogP contribution in [-0.2, 0) is 28.5 Å². The lowest BCUT2D eigenvalue weighted by molar-refractivity contribution is 0.0596. The van der Waals surface area contributed by atoms with Gasteiger partial charge in [0.15, 0.2) is 0 Å². The van der Waals surface area contributed by atoms with Crippen LogP contribution in [0.3, 0.4) is 0 Å². The van der Waals surface area contributed by atoms with Gasteiger partial charge in [-0.2, -0.15) is 8.42 Å². The van der Waals surface area contributed by atoms with Crippen molar-refractivity contribution in [3.05, 3.63) is 59.2 Å². The van der Waals surface area contributed by atoms with E-state index >= 15 is 0 Å². The molecule has 0 fully saturated rings. The number of methoxy groups -OCH3 is 2. The van der Waals surface area contributed by atoms with Gasteiger partial charge in [-0.15, -0.1) is 0 Å². The Morgan fingerprint density at radius 1 is 0.806 bits per heavy atom. The van der Waals surface area contributed by atoms with Gasteiger partial charge in [-0.3, -0.25) is 4.18 Å². The molecule has 2 aromatic carbocycles. The van der Waals surface area contributed by atoms with E-state index in [1.807, 2.05) is 6.92 Å². The van der Waals surface area contributed by atoms with Crippen molar-refractivity contribution in [3.63, 3.8) is 0 Å². The first kappa shape index (κ1) is 24.3. The molecule has 0 aliphatic rings. The van der Waals surface area contributed by atoms with Gasteiger partial charge in [0.2, 0.25) is 0 Å². The molecule has 0 bridgehead atoms. The van der Waals surface area contributed by atoms with Gasteiger partial charge in [-0.1, -0.05) is 17.7 Å². The van der Waals surface area contributed by atoms with E-state index in [4.69, 9.17) is 13.7 Å². The highest BCUT2D eigenvalue weighted by Gasteiger charge is 2.15. The SMILES string of the molecule is COC(=O)c1cc(OCCOCCOS(=O)(=O)c2ccc(C)cc2)cc(C(=O)OC)c1. The Kier molecular flexibility index (Phi) is 8.98. The summed E-state index contributed by atoms with van der Waals surface area (Å²) in [6, 6.07) is 10.5. The fourth-order valence-corrected chi connectivity index (χ4v) is 3.34. The number of esters is 2. The largest absolute Gasteiger partial charge is 0.491 e. The first-order chi connectivity index (χ1) is 14.8. The van der Waals surface area contributed by atoms with Gasteiger partial charge >= 0.3 is 11.9 Å². The highest BCUT2D eigenvalue weighted by molar-refractivity contribution is 7.86. The summed E-state index contributed by atoms with van der Waals surface area (Å²) in [6.07, 6.45) is 0. The number of hydrogen-bond donors (Lipinski definition) is 0. The molecule has 0 amide bonds. The molecule has 0 aromatic heterocycles. The van der Waals surface area contributed by atoms with Crippen molar-refractivity contribution >= 4 is 22.1 Å². The summed E-state index contributed by atoms with van der Waals surface area (Å²) in [7, 11) is -1.39. The van der Waals surface area contributed by atoms with Crippen LogP contribution < -0.4 is 4.74 Å². The molecule has 168 valence electrons. The molecule has 0 aliphatic heterocycles. The lowest BCUT2D eigenvalue weighted by Crippen LogP contribution is -2.14. The van der Waals surface area contributed by atoms with Crippen molar-refractivity contribution in [2.75, 3.05) is 40.6 Å². The third-order valence-electron chi connectivity index (χ3n) is 4.02. The predicted octanol–water partition coefficient (Wildman–Crippen LogP) is 2.37. The van der Waals surface area contributed by atoms with Crippen molar-refractivity contribution in [3.8, 4) is 5.75 Å². The minimum atomic E-state index is -3.84.